The van der Waals surface area contributed by atoms with Crippen molar-refractivity contribution in [2.75, 3.05) is 12.2 Å². The van der Waals surface area contributed by atoms with E-state index in [1.165, 1.54) is 0 Å². The topological polar surface area (TPSA) is 46.6 Å². The molecule has 0 unspecified atom stereocenters. The maximum absolute atomic E-state index is 13.3. The molecule has 19 heavy (non-hydrogen) atoms. The van der Waals surface area contributed by atoms with Crippen molar-refractivity contribution >= 4 is 33.5 Å². The van der Waals surface area contributed by atoms with Gasteiger partial charge in [0.15, 0.2) is 0 Å². The molecule has 1 aromatic carbocycles. The van der Waals surface area contributed by atoms with Crippen LogP contribution in [0.2, 0.25) is 0 Å². The summed E-state index contributed by atoms with van der Waals surface area (Å²) < 4.78 is 54.0. The fraction of sp³-hybridized carbons (Fsp3) is 0.200. The molecule has 0 radical (unpaired) electrons. The number of carbonyl (C=O) groups excluding carboxylic acids is 2. The van der Waals surface area contributed by atoms with Crippen LogP contribution in [0.5, 0.6) is 0 Å². The van der Waals surface area contributed by atoms with Gasteiger partial charge in [-0.15, -0.1) is 5.12 Å². The third-order valence-electron chi connectivity index (χ3n) is 2.00. The summed E-state index contributed by atoms with van der Waals surface area (Å²) in [6.07, 6.45) is -5.35. The number of nitrogens with zero attached hydrogens (tertiary/aromatic N) is 1. The lowest BCUT2D eigenvalue weighted by molar-refractivity contribution is -0.173. The molecule has 1 amide bonds. The van der Waals surface area contributed by atoms with E-state index < -0.39 is 28.9 Å². The first-order valence-corrected chi connectivity index (χ1v) is 5.42. The number of esters is 1. The molecule has 0 bridgehead atoms. The van der Waals surface area contributed by atoms with E-state index in [0.29, 0.717) is 0 Å². The number of carbonyl (C=O) groups is 2. The van der Waals surface area contributed by atoms with Crippen molar-refractivity contribution < 1.29 is 32.0 Å². The highest BCUT2D eigenvalue weighted by Crippen LogP contribution is 2.28. The number of amides is 1. The third-order valence-corrected chi connectivity index (χ3v) is 2.69. The Morgan fingerprint density at radius 2 is 1.89 bits per heavy atom. The molecule has 9 heteroatoms. The molecule has 0 aliphatic heterocycles. The minimum absolute atomic E-state index is 0.191. The van der Waals surface area contributed by atoms with Crippen molar-refractivity contribution in [3.63, 3.8) is 0 Å². The molecule has 0 spiro atoms. The molecular formula is C10H6BrF4NO3. The van der Waals surface area contributed by atoms with Crippen LogP contribution in [0.3, 0.4) is 0 Å². The van der Waals surface area contributed by atoms with Crippen molar-refractivity contribution in [3.05, 3.63) is 28.2 Å². The van der Waals surface area contributed by atoms with E-state index in [0.717, 1.165) is 25.3 Å². The van der Waals surface area contributed by atoms with Gasteiger partial charge in [-0.3, -0.25) is 4.79 Å². The predicted octanol–water partition coefficient (Wildman–Crippen LogP) is 3.02. The number of anilines is 1. The van der Waals surface area contributed by atoms with Crippen molar-refractivity contribution in [1.29, 1.82) is 0 Å². The van der Waals surface area contributed by atoms with Gasteiger partial charge < -0.3 is 4.74 Å². The van der Waals surface area contributed by atoms with Gasteiger partial charge in [-0.25, -0.2) is 4.79 Å². The van der Waals surface area contributed by atoms with Crippen molar-refractivity contribution in [2.24, 2.45) is 0 Å². The molecule has 0 saturated carbocycles. The van der Waals surface area contributed by atoms with Crippen LogP contribution in [0.4, 0.5) is 23.3 Å². The Kier molecular flexibility index (Phi) is 4.51. The first-order valence-electron chi connectivity index (χ1n) is 4.63. The van der Waals surface area contributed by atoms with E-state index in [1.807, 2.05) is 0 Å². The lowest BCUT2D eigenvalue weighted by atomic mass is 10.2. The van der Waals surface area contributed by atoms with E-state index in [1.54, 1.807) is 0 Å². The van der Waals surface area contributed by atoms with Gasteiger partial charge in [0, 0.05) is 4.47 Å². The molecule has 0 N–H and O–H groups in total. The summed E-state index contributed by atoms with van der Waals surface area (Å²) in [6.45, 7) is 0. The maximum atomic E-state index is 13.3. The summed E-state index contributed by atoms with van der Waals surface area (Å²) in [4.78, 5) is 22.0. The van der Waals surface area contributed by atoms with E-state index >= 15 is 0 Å². The minimum Gasteiger partial charge on any atom is -0.465 e. The molecule has 1 rings (SSSR count). The Hall–Kier alpha value is -1.64. The number of alkyl halides is 3. The first kappa shape index (κ1) is 15.4. The van der Waals surface area contributed by atoms with Gasteiger partial charge in [0.05, 0.1) is 18.4 Å². The van der Waals surface area contributed by atoms with Crippen LogP contribution in [-0.4, -0.2) is 25.2 Å². The summed E-state index contributed by atoms with van der Waals surface area (Å²) >= 11 is 2.95. The van der Waals surface area contributed by atoms with Gasteiger partial charge in [-0.05, 0) is 34.1 Å². The number of rotatable bonds is 2. The third kappa shape index (κ3) is 3.43. The Morgan fingerprint density at radius 1 is 1.32 bits per heavy atom. The normalized spacial score (nSPS) is 11.1. The molecule has 0 atom stereocenters. The number of hydrogen-bond acceptors (Lipinski definition) is 3. The van der Waals surface area contributed by atoms with Crippen molar-refractivity contribution in [3.8, 4) is 0 Å². The van der Waals surface area contributed by atoms with Crippen LogP contribution in [-0.2, 0) is 9.53 Å². The number of hydrogen-bond donors (Lipinski definition) is 0. The van der Waals surface area contributed by atoms with E-state index in [4.69, 9.17) is 0 Å². The zero-order valence-corrected chi connectivity index (χ0v) is 10.9. The van der Waals surface area contributed by atoms with Crippen LogP contribution in [0.1, 0.15) is 10.4 Å². The van der Waals surface area contributed by atoms with Crippen molar-refractivity contribution in [1.82, 2.24) is 0 Å². The molecule has 0 fully saturated rings. The van der Waals surface area contributed by atoms with Crippen LogP contribution < -0.4 is 5.12 Å². The second-order valence-electron chi connectivity index (χ2n) is 3.24. The molecule has 104 valence electrons. The van der Waals surface area contributed by atoms with Crippen LogP contribution >= 0.6 is 15.9 Å². The molecule has 0 aliphatic rings. The van der Waals surface area contributed by atoms with E-state index in [9.17, 15) is 27.2 Å². The van der Waals surface area contributed by atoms with Gasteiger partial charge in [0.25, 0.3) is 0 Å². The zero-order chi connectivity index (χ0) is 14.8. The molecule has 0 saturated heterocycles. The molecule has 0 aliphatic carbocycles. The van der Waals surface area contributed by atoms with Crippen molar-refractivity contribution in [2.45, 2.75) is 6.18 Å². The lowest BCUT2D eigenvalue weighted by Gasteiger charge is -2.14. The van der Waals surface area contributed by atoms with Gasteiger partial charge in [-0.1, -0.05) is 4.48 Å². The second kappa shape index (κ2) is 5.55. The molecular weight excluding hydrogens is 338 g/mol. The van der Waals surface area contributed by atoms with Crippen LogP contribution in [0, 0.1) is 0 Å². The van der Waals surface area contributed by atoms with Crippen LogP contribution in [0.25, 0.3) is 0 Å². The monoisotopic (exact) mass is 343 g/mol. The zero-order valence-electron chi connectivity index (χ0n) is 9.29. The Balaban J connectivity index is 3.16. The average Bonchev–Trinajstić information content (AvgIpc) is 2.35. The lowest BCUT2D eigenvalue weighted by Crippen LogP contribution is -2.36. The fourth-order valence-corrected chi connectivity index (χ4v) is 1.54. The second-order valence-corrected chi connectivity index (χ2v) is 4.09. The van der Waals surface area contributed by atoms with Gasteiger partial charge in [0.1, 0.15) is 0 Å². The number of benzene rings is 1. The largest absolute Gasteiger partial charge is 0.474 e. The molecule has 0 heterocycles. The quantitative estimate of drug-likeness (QED) is 0.471. The maximum Gasteiger partial charge on any atom is 0.474 e. The van der Waals surface area contributed by atoms with Crippen LogP contribution in [0.15, 0.2) is 22.7 Å². The number of halogens is 5. The Bertz CT molecular complexity index is 518. The summed E-state index contributed by atoms with van der Waals surface area (Å²) in [7, 11) is 1.05. The highest BCUT2D eigenvalue weighted by Gasteiger charge is 2.44. The SMILES string of the molecule is COC(=O)c1cc(N(F)C(=O)C(F)(F)F)ccc1Br. The fourth-order valence-electron chi connectivity index (χ4n) is 1.13. The molecule has 1 aromatic rings. The number of methoxy groups -OCH3 is 1. The van der Waals surface area contributed by atoms with Gasteiger partial charge >= 0.3 is 18.1 Å². The summed E-state index contributed by atoms with van der Waals surface area (Å²) in [6, 6.07) is 2.79. The van der Waals surface area contributed by atoms with Gasteiger partial charge in [-0.2, -0.15) is 13.2 Å². The highest BCUT2D eigenvalue weighted by atomic mass is 79.9. The summed E-state index contributed by atoms with van der Waals surface area (Å²) in [5.41, 5.74) is -0.941. The summed E-state index contributed by atoms with van der Waals surface area (Å²) in [5.74, 6) is -3.58. The minimum atomic E-state index is -5.35. The predicted molar refractivity (Wildman–Crippen MR) is 60.1 cm³/mol. The highest BCUT2D eigenvalue weighted by molar-refractivity contribution is 9.10. The Morgan fingerprint density at radius 3 is 2.37 bits per heavy atom. The summed E-state index contributed by atoms with van der Waals surface area (Å²) in [5, 5.41) is -1.08. The van der Waals surface area contributed by atoms with Gasteiger partial charge in [0.2, 0.25) is 0 Å². The first-order chi connectivity index (χ1) is 8.68. The smallest absolute Gasteiger partial charge is 0.465 e. The number of ether oxygens (including phenoxy) is 1. The standard InChI is InChI=1S/C10H6BrF4NO3/c1-19-8(17)6-4-5(2-3-7(6)11)16(15)9(18)10(12,13)14/h2-4H,1H3. The average molecular weight is 344 g/mol. The van der Waals surface area contributed by atoms with E-state index in [-0.39, 0.29) is 10.0 Å². The molecule has 0 aromatic heterocycles. The van der Waals surface area contributed by atoms with E-state index in [2.05, 4.69) is 20.7 Å². The molecule has 4 nitrogen and oxygen atoms in total. The Labute approximate surface area is 113 Å².